The number of Topliss-reactive ketones (excluding diaryl/α,β-unsaturated/α-hetero) is 2. The highest BCUT2D eigenvalue weighted by Gasteiger charge is 2.58. The summed E-state index contributed by atoms with van der Waals surface area (Å²) >= 11 is 0. The molecule has 0 amide bonds. The lowest BCUT2D eigenvalue weighted by atomic mass is 9.50. The van der Waals surface area contributed by atoms with Crippen LogP contribution in [0.25, 0.3) is 0 Å². The Morgan fingerprint density at radius 3 is 1.27 bits per heavy atom. The summed E-state index contributed by atoms with van der Waals surface area (Å²) in [7, 11) is 0. The number of hydrogen-bond donors (Lipinski definition) is 0. The molecule has 0 radical (unpaired) electrons. The van der Waals surface area contributed by atoms with E-state index in [1.807, 2.05) is 60.7 Å². The predicted octanol–water partition coefficient (Wildman–Crippen LogP) is 5.75. The van der Waals surface area contributed by atoms with Crippen LogP contribution in [-0.2, 0) is 0 Å². The first-order valence-corrected chi connectivity index (χ1v) is 10.0. The SMILES string of the molecule is O=C(c1ccco1)C1C(C(=O)c2ccco2)C(c2ccccc2)C1c1ccccc1. The molecule has 4 unspecified atom stereocenters. The van der Waals surface area contributed by atoms with Gasteiger partial charge in [0.25, 0.3) is 0 Å². The fraction of sp³-hybridized carbons (Fsp3) is 0.154. The molecule has 4 nitrogen and oxygen atoms in total. The first kappa shape index (κ1) is 18.4. The number of hydrogen-bond acceptors (Lipinski definition) is 4. The van der Waals surface area contributed by atoms with Gasteiger partial charge in [0.15, 0.2) is 11.5 Å². The van der Waals surface area contributed by atoms with Crippen LogP contribution in [-0.4, -0.2) is 11.6 Å². The van der Waals surface area contributed by atoms with Crippen molar-refractivity contribution in [1.82, 2.24) is 0 Å². The van der Waals surface area contributed by atoms with Crippen molar-refractivity contribution in [3.8, 4) is 0 Å². The van der Waals surface area contributed by atoms with E-state index in [-0.39, 0.29) is 34.9 Å². The number of rotatable bonds is 6. The third kappa shape index (κ3) is 3.01. The fourth-order valence-corrected chi connectivity index (χ4v) is 4.75. The molecule has 0 spiro atoms. The fourth-order valence-electron chi connectivity index (χ4n) is 4.75. The van der Waals surface area contributed by atoms with Gasteiger partial charge in [-0.1, -0.05) is 60.7 Å². The Hall–Kier alpha value is -3.66. The Morgan fingerprint density at radius 2 is 0.933 bits per heavy atom. The van der Waals surface area contributed by atoms with Gasteiger partial charge < -0.3 is 8.83 Å². The highest BCUT2D eigenvalue weighted by molar-refractivity contribution is 6.05. The van der Waals surface area contributed by atoms with E-state index in [2.05, 4.69) is 0 Å². The summed E-state index contributed by atoms with van der Waals surface area (Å²) in [6, 6.07) is 26.6. The first-order valence-electron chi connectivity index (χ1n) is 10.0. The quantitative estimate of drug-likeness (QED) is 0.389. The number of ketones is 2. The van der Waals surface area contributed by atoms with E-state index in [9.17, 15) is 9.59 Å². The van der Waals surface area contributed by atoms with E-state index in [4.69, 9.17) is 8.83 Å². The molecule has 1 fully saturated rings. The van der Waals surface area contributed by atoms with Crippen molar-refractivity contribution in [3.05, 3.63) is 120 Å². The Kier molecular flexibility index (Phi) is 4.68. The predicted molar refractivity (Wildman–Crippen MR) is 111 cm³/mol. The summed E-state index contributed by atoms with van der Waals surface area (Å²) in [5, 5.41) is 0. The van der Waals surface area contributed by atoms with E-state index in [0.717, 1.165) is 11.1 Å². The van der Waals surface area contributed by atoms with Gasteiger partial charge in [-0.25, -0.2) is 0 Å². The van der Waals surface area contributed by atoms with Crippen LogP contribution in [0.5, 0.6) is 0 Å². The third-order valence-corrected chi connectivity index (χ3v) is 6.05. The first-order chi connectivity index (χ1) is 14.8. The molecule has 1 aliphatic carbocycles. The van der Waals surface area contributed by atoms with Crippen molar-refractivity contribution >= 4 is 11.6 Å². The molecule has 0 saturated heterocycles. The molecule has 1 saturated carbocycles. The summed E-state index contributed by atoms with van der Waals surface area (Å²) < 4.78 is 10.8. The van der Waals surface area contributed by atoms with Gasteiger partial charge in [0, 0.05) is 23.7 Å². The Balaban J connectivity index is 1.64. The minimum absolute atomic E-state index is 0.130. The van der Waals surface area contributed by atoms with Gasteiger partial charge in [-0.05, 0) is 35.4 Å². The van der Waals surface area contributed by atoms with Gasteiger partial charge in [0.05, 0.1) is 12.5 Å². The van der Waals surface area contributed by atoms with Gasteiger partial charge in [-0.15, -0.1) is 0 Å². The number of furan rings is 2. The zero-order valence-electron chi connectivity index (χ0n) is 16.2. The molecule has 0 aliphatic heterocycles. The molecule has 0 N–H and O–H groups in total. The van der Waals surface area contributed by atoms with Crippen LogP contribution in [0, 0.1) is 11.8 Å². The van der Waals surface area contributed by atoms with Crippen LogP contribution in [0.3, 0.4) is 0 Å². The Morgan fingerprint density at radius 1 is 0.533 bits per heavy atom. The Labute approximate surface area is 174 Å². The van der Waals surface area contributed by atoms with Crippen LogP contribution in [0.2, 0.25) is 0 Å². The molecule has 4 atom stereocenters. The summed E-state index contributed by atoms with van der Waals surface area (Å²) in [5.74, 6) is -1.04. The number of carbonyl (C=O) groups is 2. The normalized spacial score (nSPS) is 22.9. The van der Waals surface area contributed by atoms with Gasteiger partial charge in [-0.3, -0.25) is 9.59 Å². The lowest BCUT2D eigenvalue weighted by Crippen LogP contribution is -2.51. The summed E-state index contributed by atoms with van der Waals surface area (Å²) in [6.07, 6.45) is 2.98. The number of carbonyl (C=O) groups excluding carboxylic acids is 2. The molecule has 1 aliphatic rings. The molecule has 4 heteroatoms. The van der Waals surface area contributed by atoms with Crippen LogP contribution in [0.15, 0.2) is 106 Å². The maximum Gasteiger partial charge on any atom is 0.202 e. The lowest BCUT2D eigenvalue weighted by molar-refractivity contribution is 0.0423. The maximum absolute atomic E-state index is 13.5. The Bertz CT molecular complexity index is 1030. The molecule has 5 rings (SSSR count). The summed E-state index contributed by atoms with van der Waals surface area (Å²) in [4.78, 5) is 26.9. The molecule has 2 heterocycles. The summed E-state index contributed by atoms with van der Waals surface area (Å²) in [6.45, 7) is 0. The molecule has 30 heavy (non-hydrogen) atoms. The molecule has 4 aromatic rings. The maximum atomic E-state index is 13.5. The third-order valence-electron chi connectivity index (χ3n) is 6.05. The minimum Gasteiger partial charge on any atom is -0.461 e. The van der Waals surface area contributed by atoms with Crippen molar-refractivity contribution in [2.24, 2.45) is 11.8 Å². The van der Waals surface area contributed by atoms with Crippen LogP contribution in [0.1, 0.15) is 44.1 Å². The van der Waals surface area contributed by atoms with Gasteiger partial charge in [0.1, 0.15) is 0 Å². The smallest absolute Gasteiger partial charge is 0.202 e. The second kappa shape index (κ2) is 7.64. The lowest BCUT2D eigenvalue weighted by Gasteiger charge is -2.50. The van der Waals surface area contributed by atoms with E-state index >= 15 is 0 Å². The van der Waals surface area contributed by atoms with Crippen LogP contribution < -0.4 is 0 Å². The van der Waals surface area contributed by atoms with Crippen molar-refractivity contribution < 1.29 is 18.4 Å². The minimum atomic E-state index is -0.527. The van der Waals surface area contributed by atoms with E-state index in [0.29, 0.717) is 0 Å². The topological polar surface area (TPSA) is 60.4 Å². The highest BCUT2D eigenvalue weighted by Crippen LogP contribution is 2.59. The van der Waals surface area contributed by atoms with Crippen molar-refractivity contribution in [3.63, 3.8) is 0 Å². The molecule has 2 aromatic heterocycles. The van der Waals surface area contributed by atoms with E-state index in [1.54, 1.807) is 24.3 Å². The van der Waals surface area contributed by atoms with Crippen molar-refractivity contribution in [1.29, 1.82) is 0 Å². The average Bonchev–Trinajstić information content (AvgIpc) is 3.49. The molecular weight excluding hydrogens is 376 g/mol. The average molecular weight is 396 g/mol. The van der Waals surface area contributed by atoms with E-state index in [1.165, 1.54) is 12.5 Å². The second-order valence-corrected chi connectivity index (χ2v) is 7.61. The number of benzene rings is 2. The van der Waals surface area contributed by atoms with Gasteiger partial charge in [0.2, 0.25) is 11.6 Å². The van der Waals surface area contributed by atoms with Gasteiger partial charge >= 0.3 is 0 Å². The molecule has 0 bridgehead atoms. The van der Waals surface area contributed by atoms with Crippen LogP contribution in [0.4, 0.5) is 0 Å². The van der Waals surface area contributed by atoms with Crippen LogP contribution >= 0.6 is 0 Å². The monoisotopic (exact) mass is 396 g/mol. The highest BCUT2D eigenvalue weighted by atomic mass is 16.3. The summed E-state index contributed by atoms with van der Waals surface area (Å²) in [5.41, 5.74) is 2.08. The molecule has 2 aromatic carbocycles. The zero-order chi connectivity index (χ0) is 20.5. The molecule has 148 valence electrons. The second-order valence-electron chi connectivity index (χ2n) is 7.61. The van der Waals surface area contributed by atoms with Crippen molar-refractivity contribution in [2.45, 2.75) is 11.8 Å². The van der Waals surface area contributed by atoms with Gasteiger partial charge in [-0.2, -0.15) is 0 Å². The molecular formula is C26H20O4. The van der Waals surface area contributed by atoms with Crippen molar-refractivity contribution in [2.75, 3.05) is 0 Å². The zero-order valence-corrected chi connectivity index (χ0v) is 16.2. The largest absolute Gasteiger partial charge is 0.461 e. The standard InChI is InChI=1S/C26H20O4/c27-25(19-13-7-15-29-19)23-21(17-9-3-1-4-10-17)22(18-11-5-2-6-12-18)24(23)26(28)20-14-8-16-30-20/h1-16,21-24H. The van der Waals surface area contributed by atoms with E-state index < -0.39 is 11.8 Å².